The summed E-state index contributed by atoms with van der Waals surface area (Å²) < 4.78 is 7.58. The van der Waals surface area contributed by atoms with Crippen LogP contribution in [0.25, 0.3) is 22.6 Å². The lowest BCUT2D eigenvalue weighted by atomic mass is 10.2. The first-order chi connectivity index (χ1) is 17.4. The van der Waals surface area contributed by atoms with E-state index < -0.39 is 18.4 Å². The molecule has 12 heteroatoms. The third kappa shape index (κ3) is 4.99. The largest absolute Gasteiger partial charge is 0.388 e. The van der Waals surface area contributed by atoms with E-state index in [0.29, 0.717) is 39.9 Å². The van der Waals surface area contributed by atoms with E-state index in [0.717, 1.165) is 5.69 Å². The summed E-state index contributed by atoms with van der Waals surface area (Å²) in [7, 11) is 0. The van der Waals surface area contributed by atoms with Crippen molar-refractivity contribution in [2.24, 2.45) is 0 Å². The van der Waals surface area contributed by atoms with Crippen LogP contribution in [-0.2, 0) is 16.1 Å². The quantitative estimate of drug-likeness (QED) is 0.343. The molecule has 4 aromatic rings. The van der Waals surface area contributed by atoms with Crippen molar-refractivity contribution in [3.05, 3.63) is 59.9 Å². The number of pyridine rings is 2. The highest BCUT2D eigenvalue weighted by molar-refractivity contribution is 6.30. The number of carbonyl (C=O) groups excluding carboxylic acids is 1. The third-order valence-corrected chi connectivity index (χ3v) is 5.84. The summed E-state index contributed by atoms with van der Waals surface area (Å²) in [6, 6.07) is 7.33. The normalized spacial score (nSPS) is 19.6. The van der Waals surface area contributed by atoms with Gasteiger partial charge < -0.3 is 20.5 Å². The number of rotatable bonds is 7. The number of hydrogen-bond donors (Lipinski definition) is 3. The lowest BCUT2D eigenvalue weighted by Crippen LogP contribution is -2.38. The van der Waals surface area contributed by atoms with Crippen molar-refractivity contribution in [3.63, 3.8) is 0 Å². The highest BCUT2D eigenvalue weighted by Gasteiger charge is 2.40. The van der Waals surface area contributed by atoms with Gasteiger partial charge in [0.15, 0.2) is 29.0 Å². The number of aliphatic hydroxyl groups excluding tert-OH is 1. The Balaban J connectivity index is 1.53. The van der Waals surface area contributed by atoms with Gasteiger partial charge in [0.05, 0.1) is 23.6 Å². The molecule has 11 nitrogen and oxygen atoms in total. The van der Waals surface area contributed by atoms with E-state index in [4.69, 9.17) is 21.3 Å². The molecule has 1 amide bonds. The number of anilines is 1. The summed E-state index contributed by atoms with van der Waals surface area (Å²) >= 11 is 6.16. The molecule has 0 aromatic carbocycles. The molecular formula is C24H25ClN8O3. The predicted molar refractivity (Wildman–Crippen MR) is 133 cm³/mol. The van der Waals surface area contributed by atoms with Crippen LogP contribution >= 0.6 is 11.6 Å². The van der Waals surface area contributed by atoms with Crippen LogP contribution in [0.4, 0.5) is 5.82 Å². The van der Waals surface area contributed by atoms with Crippen molar-refractivity contribution in [3.8, 4) is 11.4 Å². The van der Waals surface area contributed by atoms with Gasteiger partial charge in [-0.15, -0.1) is 0 Å². The van der Waals surface area contributed by atoms with Crippen LogP contribution in [0.15, 0.2) is 49.2 Å². The number of hydrogen-bond acceptors (Lipinski definition) is 9. The Hall–Kier alpha value is -3.67. The summed E-state index contributed by atoms with van der Waals surface area (Å²) in [5.41, 5.74) is 2.34. The zero-order valence-electron chi connectivity index (χ0n) is 19.7. The van der Waals surface area contributed by atoms with Crippen LogP contribution in [0, 0.1) is 0 Å². The molecule has 3 N–H and O–H groups in total. The molecule has 0 bridgehead atoms. The number of halogens is 1. The molecule has 1 saturated heterocycles. The van der Waals surface area contributed by atoms with Crippen LogP contribution < -0.4 is 10.6 Å². The van der Waals surface area contributed by atoms with Crippen molar-refractivity contribution in [1.29, 1.82) is 0 Å². The number of carbonyl (C=O) groups is 1. The van der Waals surface area contributed by atoms with Gasteiger partial charge in [0.25, 0.3) is 0 Å². The van der Waals surface area contributed by atoms with Gasteiger partial charge in [-0.25, -0.2) is 15.0 Å². The first-order valence-electron chi connectivity index (χ1n) is 11.5. The highest BCUT2D eigenvalue weighted by atomic mass is 35.5. The molecule has 1 aliphatic rings. The first-order valence-corrected chi connectivity index (χ1v) is 11.9. The number of nitrogens with zero attached hydrogens (tertiary/aromatic N) is 6. The Morgan fingerprint density at radius 2 is 2.14 bits per heavy atom. The summed E-state index contributed by atoms with van der Waals surface area (Å²) in [6.07, 6.45) is 3.98. The van der Waals surface area contributed by atoms with Crippen molar-refractivity contribution in [2.75, 3.05) is 5.32 Å². The van der Waals surface area contributed by atoms with Crippen molar-refractivity contribution < 1.29 is 14.6 Å². The molecule has 0 radical (unpaired) electrons. The van der Waals surface area contributed by atoms with Crippen LogP contribution in [0.3, 0.4) is 0 Å². The lowest BCUT2D eigenvalue weighted by Gasteiger charge is -2.18. The van der Waals surface area contributed by atoms with Crippen LogP contribution in [0.5, 0.6) is 0 Å². The summed E-state index contributed by atoms with van der Waals surface area (Å²) in [5, 5.41) is 17.3. The number of imidazole rings is 1. The zero-order chi connectivity index (χ0) is 25.2. The first kappa shape index (κ1) is 24.0. The minimum absolute atomic E-state index is 0.0410. The van der Waals surface area contributed by atoms with E-state index in [1.807, 2.05) is 32.0 Å². The molecule has 4 aromatic heterocycles. The fraction of sp³-hybridized carbons (Fsp3) is 0.333. The van der Waals surface area contributed by atoms with Gasteiger partial charge in [0, 0.05) is 36.6 Å². The van der Waals surface area contributed by atoms with E-state index in [2.05, 4.69) is 30.6 Å². The SMILES string of the molecule is CC(C)NC(=O)[C@@H]1C[C@@H](O)[C@H](n2cnc3c(NCc4ccccn4)nc(-c4cncc(Cl)c4)nc32)O1. The smallest absolute Gasteiger partial charge is 0.249 e. The molecule has 186 valence electrons. The molecule has 3 atom stereocenters. The van der Waals surface area contributed by atoms with Gasteiger partial charge in [-0.1, -0.05) is 17.7 Å². The van der Waals surface area contributed by atoms with Gasteiger partial charge in [-0.2, -0.15) is 0 Å². The molecule has 0 saturated carbocycles. The summed E-state index contributed by atoms with van der Waals surface area (Å²) in [4.78, 5) is 34.8. The van der Waals surface area contributed by atoms with Gasteiger partial charge in [-0.3, -0.25) is 19.3 Å². The Kier molecular flexibility index (Phi) is 6.77. The topological polar surface area (TPSA) is 140 Å². The summed E-state index contributed by atoms with van der Waals surface area (Å²) in [6.45, 7) is 4.15. The van der Waals surface area contributed by atoms with Gasteiger partial charge in [0.1, 0.15) is 12.2 Å². The molecule has 0 unspecified atom stereocenters. The number of aromatic nitrogens is 6. The maximum absolute atomic E-state index is 12.5. The van der Waals surface area contributed by atoms with E-state index >= 15 is 0 Å². The minimum atomic E-state index is -0.929. The highest BCUT2D eigenvalue weighted by Crippen LogP contribution is 2.33. The van der Waals surface area contributed by atoms with E-state index in [1.165, 1.54) is 12.5 Å². The lowest BCUT2D eigenvalue weighted by molar-refractivity contribution is -0.135. The fourth-order valence-electron chi connectivity index (χ4n) is 4.01. The molecule has 5 rings (SSSR count). The van der Waals surface area contributed by atoms with E-state index in [1.54, 1.807) is 23.0 Å². The predicted octanol–water partition coefficient (Wildman–Crippen LogP) is 2.72. The number of nitrogens with one attached hydrogen (secondary N) is 2. The standard InChI is InChI=1S/C24H25ClN8O3/c1-13(2)30-23(35)18-8-17(34)24(36-18)33-12-29-19-21(28-11-16-5-3-4-6-27-16)31-20(32-22(19)33)14-7-15(25)10-26-9-14/h3-7,9-10,12-13,17-18,24,34H,8,11H2,1-2H3,(H,30,35)(H,28,31,32)/t17-,18+,24-/m1/s1. The monoisotopic (exact) mass is 508 g/mol. The number of ether oxygens (including phenoxy) is 1. The Bertz CT molecular complexity index is 1380. The second-order valence-corrected chi connectivity index (χ2v) is 9.20. The molecular weight excluding hydrogens is 484 g/mol. The Morgan fingerprint density at radius 3 is 2.89 bits per heavy atom. The zero-order valence-corrected chi connectivity index (χ0v) is 20.4. The molecule has 1 fully saturated rings. The van der Waals surface area contributed by atoms with E-state index in [-0.39, 0.29) is 18.4 Å². The number of amides is 1. The molecule has 0 aliphatic carbocycles. The van der Waals surface area contributed by atoms with Crippen LogP contribution in [0.2, 0.25) is 5.02 Å². The van der Waals surface area contributed by atoms with Crippen molar-refractivity contribution in [2.45, 2.75) is 51.3 Å². The third-order valence-electron chi connectivity index (χ3n) is 5.63. The molecule has 0 spiro atoms. The summed E-state index contributed by atoms with van der Waals surface area (Å²) in [5.74, 6) is 0.569. The van der Waals surface area contributed by atoms with Crippen molar-refractivity contribution in [1.82, 2.24) is 34.8 Å². The van der Waals surface area contributed by atoms with Crippen LogP contribution in [-0.4, -0.2) is 58.8 Å². The van der Waals surface area contributed by atoms with Gasteiger partial charge in [-0.05, 0) is 32.0 Å². The van der Waals surface area contributed by atoms with E-state index in [9.17, 15) is 9.90 Å². The van der Waals surface area contributed by atoms with Gasteiger partial charge in [0.2, 0.25) is 5.91 Å². The number of aliphatic hydroxyl groups is 1. The minimum Gasteiger partial charge on any atom is -0.388 e. The van der Waals surface area contributed by atoms with Gasteiger partial charge >= 0.3 is 0 Å². The second kappa shape index (κ2) is 10.1. The second-order valence-electron chi connectivity index (χ2n) is 8.77. The average Bonchev–Trinajstić information content (AvgIpc) is 3.46. The maximum atomic E-state index is 12.5. The number of fused-ring (bicyclic) bond motifs is 1. The average molecular weight is 509 g/mol. The molecule has 1 aliphatic heterocycles. The van der Waals surface area contributed by atoms with Crippen LogP contribution in [0.1, 0.15) is 32.2 Å². The maximum Gasteiger partial charge on any atom is 0.249 e. The Morgan fingerprint density at radius 1 is 1.28 bits per heavy atom. The molecule has 5 heterocycles. The fourth-order valence-corrected chi connectivity index (χ4v) is 4.19. The van der Waals surface area contributed by atoms with Crippen molar-refractivity contribution >= 4 is 34.5 Å². The Labute approximate surface area is 211 Å². The molecule has 36 heavy (non-hydrogen) atoms.